The first kappa shape index (κ1) is 19.6. The summed E-state index contributed by atoms with van der Waals surface area (Å²) in [6.45, 7) is 0. The Morgan fingerprint density at radius 3 is 1.96 bits per heavy atom. The predicted molar refractivity (Wildman–Crippen MR) is 109 cm³/mol. The number of benzene rings is 2. The topological polar surface area (TPSA) is 85.1 Å². The third-order valence-electron chi connectivity index (χ3n) is 4.42. The minimum Gasteiger partial charge on any atom is -0.368 e. The van der Waals surface area contributed by atoms with E-state index in [1.54, 1.807) is 18.3 Å². The lowest BCUT2D eigenvalue weighted by Gasteiger charge is -2.22. The number of halogens is 1. The Morgan fingerprint density at radius 1 is 0.929 bits per heavy atom. The summed E-state index contributed by atoms with van der Waals surface area (Å²) in [6.07, 6.45) is 1.80. The van der Waals surface area contributed by atoms with Gasteiger partial charge in [0.2, 0.25) is 11.8 Å². The summed E-state index contributed by atoms with van der Waals surface area (Å²) >= 11 is 5.80. The number of amides is 2. The fourth-order valence-electron chi connectivity index (χ4n) is 3.03. The van der Waals surface area contributed by atoms with Crippen LogP contribution in [0.5, 0.6) is 0 Å². The van der Waals surface area contributed by atoms with Crippen LogP contribution in [0.1, 0.15) is 22.6 Å². The van der Waals surface area contributed by atoms with Gasteiger partial charge in [0.05, 0.1) is 5.92 Å². The molecule has 0 saturated heterocycles. The highest BCUT2D eigenvalue weighted by molar-refractivity contribution is 6.29. The molecule has 6 heteroatoms. The average Bonchev–Trinajstić information content (AvgIpc) is 2.71. The van der Waals surface area contributed by atoms with Gasteiger partial charge in [-0.3, -0.25) is 9.59 Å². The van der Waals surface area contributed by atoms with Crippen LogP contribution in [0.15, 0.2) is 79.0 Å². The van der Waals surface area contributed by atoms with Crippen LogP contribution in [0.2, 0.25) is 5.15 Å². The lowest BCUT2D eigenvalue weighted by molar-refractivity contribution is -0.127. The van der Waals surface area contributed by atoms with Crippen molar-refractivity contribution in [2.24, 2.45) is 5.73 Å². The van der Waals surface area contributed by atoms with Crippen molar-refractivity contribution in [3.63, 3.8) is 0 Å². The predicted octanol–water partition coefficient (Wildman–Crippen LogP) is 3.08. The highest BCUT2D eigenvalue weighted by Gasteiger charge is 2.27. The van der Waals surface area contributed by atoms with E-state index >= 15 is 0 Å². The summed E-state index contributed by atoms with van der Waals surface area (Å²) in [5.41, 5.74) is 7.97. The molecule has 1 atom stereocenters. The SMILES string of the molecule is NC(=O)[C@@H](Cc1ccc(Cl)nc1)NC(=O)C(c1ccccc1)c1ccccc1. The standard InChI is InChI=1S/C22H20ClN3O2/c23-19-12-11-15(14-25-19)13-18(21(24)27)26-22(28)20(16-7-3-1-4-8-16)17-9-5-2-6-10-17/h1-12,14,18,20H,13H2,(H2,24,27)(H,26,28)/t18-/m1/s1. The van der Waals surface area contributed by atoms with E-state index in [1.165, 1.54) is 0 Å². The lowest BCUT2D eigenvalue weighted by atomic mass is 9.90. The van der Waals surface area contributed by atoms with Crippen molar-refractivity contribution in [3.8, 4) is 0 Å². The van der Waals surface area contributed by atoms with Crippen molar-refractivity contribution >= 4 is 23.4 Å². The van der Waals surface area contributed by atoms with Gasteiger partial charge < -0.3 is 11.1 Å². The molecule has 0 saturated carbocycles. The van der Waals surface area contributed by atoms with Crippen LogP contribution in [-0.2, 0) is 16.0 Å². The minimum atomic E-state index is -0.856. The second-order valence-electron chi connectivity index (χ2n) is 6.41. The van der Waals surface area contributed by atoms with Crippen LogP contribution in [-0.4, -0.2) is 22.8 Å². The van der Waals surface area contributed by atoms with Gasteiger partial charge in [-0.2, -0.15) is 0 Å². The molecular weight excluding hydrogens is 374 g/mol. The Morgan fingerprint density at radius 2 is 1.50 bits per heavy atom. The zero-order chi connectivity index (χ0) is 19.9. The van der Waals surface area contributed by atoms with Gasteiger partial charge in [0.25, 0.3) is 0 Å². The summed E-state index contributed by atoms with van der Waals surface area (Å²) in [5, 5.41) is 3.16. The van der Waals surface area contributed by atoms with Crippen molar-refractivity contribution < 1.29 is 9.59 Å². The van der Waals surface area contributed by atoms with Gasteiger partial charge in [-0.05, 0) is 22.8 Å². The number of pyridine rings is 1. The number of nitrogens with zero attached hydrogens (tertiary/aromatic N) is 1. The molecule has 142 valence electrons. The van der Waals surface area contributed by atoms with E-state index in [-0.39, 0.29) is 12.3 Å². The van der Waals surface area contributed by atoms with Crippen LogP contribution in [0.4, 0.5) is 0 Å². The lowest BCUT2D eigenvalue weighted by Crippen LogP contribution is -2.47. The third-order valence-corrected chi connectivity index (χ3v) is 4.64. The molecule has 3 aromatic rings. The molecule has 3 N–H and O–H groups in total. The van der Waals surface area contributed by atoms with E-state index in [4.69, 9.17) is 17.3 Å². The third kappa shape index (κ3) is 4.96. The fourth-order valence-corrected chi connectivity index (χ4v) is 3.14. The molecule has 2 aromatic carbocycles. The minimum absolute atomic E-state index is 0.238. The molecule has 0 aliphatic rings. The maximum Gasteiger partial charge on any atom is 0.240 e. The highest BCUT2D eigenvalue weighted by Crippen LogP contribution is 2.25. The normalized spacial score (nSPS) is 11.8. The van der Waals surface area contributed by atoms with Gasteiger partial charge in [-0.25, -0.2) is 4.98 Å². The largest absolute Gasteiger partial charge is 0.368 e. The van der Waals surface area contributed by atoms with Gasteiger partial charge in [0.1, 0.15) is 11.2 Å². The molecule has 0 aliphatic heterocycles. The Balaban J connectivity index is 1.85. The molecule has 0 fully saturated rings. The molecule has 0 bridgehead atoms. The van der Waals surface area contributed by atoms with Gasteiger partial charge in [0.15, 0.2) is 0 Å². The first-order chi connectivity index (χ1) is 13.5. The Hall–Kier alpha value is -3.18. The van der Waals surface area contributed by atoms with Crippen molar-refractivity contribution in [2.45, 2.75) is 18.4 Å². The van der Waals surface area contributed by atoms with Crippen molar-refractivity contribution in [1.29, 1.82) is 0 Å². The van der Waals surface area contributed by atoms with Crippen LogP contribution >= 0.6 is 11.6 Å². The number of primary amides is 1. The van der Waals surface area contributed by atoms with Gasteiger partial charge >= 0.3 is 0 Å². The van der Waals surface area contributed by atoms with Gasteiger partial charge in [-0.1, -0.05) is 78.3 Å². The number of hydrogen-bond donors (Lipinski definition) is 2. The number of carbonyl (C=O) groups excluding carboxylic acids is 2. The van der Waals surface area contributed by atoms with Crippen LogP contribution in [0.25, 0.3) is 0 Å². The van der Waals surface area contributed by atoms with E-state index in [0.717, 1.165) is 16.7 Å². The van der Waals surface area contributed by atoms with E-state index in [0.29, 0.717) is 5.15 Å². The van der Waals surface area contributed by atoms with E-state index < -0.39 is 17.9 Å². The average molecular weight is 394 g/mol. The van der Waals surface area contributed by atoms with Crippen LogP contribution < -0.4 is 11.1 Å². The zero-order valence-electron chi connectivity index (χ0n) is 15.1. The summed E-state index contributed by atoms with van der Waals surface area (Å²) in [7, 11) is 0. The number of nitrogens with two attached hydrogens (primary N) is 1. The number of hydrogen-bond acceptors (Lipinski definition) is 3. The summed E-state index contributed by atoms with van der Waals surface area (Å²) in [5.74, 6) is -1.45. The fraction of sp³-hybridized carbons (Fsp3) is 0.136. The molecule has 28 heavy (non-hydrogen) atoms. The molecule has 1 heterocycles. The quantitative estimate of drug-likeness (QED) is 0.605. The number of carbonyl (C=O) groups is 2. The maximum absolute atomic E-state index is 13.1. The molecule has 0 unspecified atom stereocenters. The van der Waals surface area contributed by atoms with E-state index in [1.807, 2.05) is 60.7 Å². The monoisotopic (exact) mass is 393 g/mol. The Bertz CT molecular complexity index is 892. The zero-order valence-corrected chi connectivity index (χ0v) is 15.8. The second-order valence-corrected chi connectivity index (χ2v) is 6.80. The summed E-state index contributed by atoms with van der Waals surface area (Å²) in [4.78, 5) is 29.1. The molecule has 1 aromatic heterocycles. The first-order valence-corrected chi connectivity index (χ1v) is 9.22. The van der Waals surface area contributed by atoms with Crippen molar-refractivity contribution in [3.05, 3.63) is 101 Å². The first-order valence-electron chi connectivity index (χ1n) is 8.84. The molecule has 0 radical (unpaired) electrons. The smallest absolute Gasteiger partial charge is 0.240 e. The van der Waals surface area contributed by atoms with Crippen LogP contribution in [0, 0.1) is 0 Å². The van der Waals surface area contributed by atoms with Gasteiger partial charge in [0, 0.05) is 12.6 Å². The molecule has 0 aliphatic carbocycles. The molecular formula is C22H20ClN3O2. The molecule has 2 amide bonds. The van der Waals surface area contributed by atoms with Crippen molar-refractivity contribution in [1.82, 2.24) is 10.3 Å². The Kier molecular flexibility index (Phi) is 6.40. The van der Waals surface area contributed by atoms with Crippen LogP contribution in [0.3, 0.4) is 0 Å². The molecule has 0 spiro atoms. The summed E-state index contributed by atoms with van der Waals surface area (Å²) < 4.78 is 0. The Labute approximate surface area is 168 Å². The van der Waals surface area contributed by atoms with E-state index in [9.17, 15) is 9.59 Å². The number of aromatic nitrogens is 1. The number of nitrogens with one attached hydrogen (secondary N) is 1. The summed E-state index contributed by atoms with van der Waals surface area (Å²) in [6, 6.07) is 21.4. The molecule has 3 rings (SSSR count). The van der Waals surface area contributed by atoms with Crippen molar-refractivity contribution in [2.75, 3.05) is 0 Å². The highest BCUT2D eigenvalue weighted by atomic mass is 35.5. The van der Waals surface area contributed by atoms with Gasteiger partial charge in [-0.15, -0.1) is 0 Å². The second kappa shape index (κ2) is 9.15. The molecule has 5 nitrogen and oxygen atoms in total. The number of rotatable bonds is 7. The maximum atomic E-state index is 13.1. The van der Waals surface area contributed by atoms with E-state index in [2.05, 4.69) is 10.3 Å².